The average Bonchev–Trinajstić information content (AvgIpc) is 4.02. The fourth-order valence-electron chi connectivity index (χ4n) is 13.3. The van der Waals surface area contributed by atoms with Gasteiger partial charge in [-0.3, -0.25) is 24.3 Å². The Morgan fingerprint density at radius 1 is 0.959 bits per heavy atom. The van der Waals surface area contributed by atoms with E-state index in [0.717, 1.165) is 94.6 Å². The molecule has 2 bridgehead atoms. The number of carbonyl (C=O) groups is 4. The second-order valence-corrected chi connectivity index (χ2v) is 22.4. The molecule has 3 atom stereocenters. The van der Waals surface area contributed by atoms with Crippen molar-refractivity contribution in [2.24, 2.45) is 10.8 Å². The Hall–Kier alpha value is -6.61. The molecule has 0 radical (unpaired) electrons. The van der Waals surface area contributed by atoms with Gasteiger partial charge in [-0.05, 0) is 149 Å². The first-order valence-electron chi connectivity index (χ1n) is 26.4. The lowest BCUT2D eigenvalue weighted by Crippen LogP contribution is -2.56. The van der Waals surface area contributed by atoms with E-state index in [9.17, 15) is 24.3 Å². The summed E-state index contributed by atoms with van der Waals surface area (Å²) in [5.41, 5.74) is 2.07. The van der Waals surface area contributed by atoms with Crippen molar-refractivity contribution in [2.75, 3.05) is 64.4 Å². The number of piperazine rings is 1. The highest BCUT2D eigenvalue weighted by Crippen LogP contribution is 2.53. The zero-order valence-corrected chi connectivity index (χ0v) is 41.7. The van der Waals surface area contributed by atoms with Crippen LogP contribution in [0.3, 0.4) is 0 Å². The van der Waals surface area contributed by atoms with Crippen LogP contribution in [0.15, 0.2) is 48.7 Å². The van der Waals surface area contributed by atoms with E-state index in [-0.39, 0.29) is 69.6 Å². The molecule has 5 aliphatic heterocycles. The van der Waals surface area contributed by atoms with Crippen LogP contribution in [0.25, 0.3) is 32.9 Å². The lowest BCUT2D eigenvalue weighted by atomic mass is 9.59. The van der Waals surface area contributed by atoms with Gasteiger partial charge in [0.25, 0.3) is 11.8 Å². The summed E-state index contributed by atoms with van der Waals surface area (Å²) in [5.74, 6) is 0.552. The summed E-state index contributed by atoms with van der Waals surface area (Å²) in [6.45, 7) is 6.76. The maximum atomic E-state index is 17.2. The number of hydrogen-bond donors (Lipinski definition) is 3. The van der Waals surface area contributed by atoms with Gasteiger partial charge in [0.05, 0.1) is 34.7 Å². The summed E-state index contributed by atoms with van der Waals surface area (Å²) in [4.78, 5) is 73.2. The third-order valence-electron chi connectivity index (χ3n) is 17.8. The number of amides is 3. The predicted molar refractivity (Wildman–Crippen MR) is 274 cm³/mol. The van der Waals surface area contributed by atoms with E-state index >= 15 is 8.78 Å². The van der Waals surface area contributed by atoms with Crippen molar-refractivity contribution < 1.29 is 37.8 Å². The molecular formula is C57H61F2N9O6. The molecule has 5 aromatic rings. The van der Waals surface area contributed by atoms with Gasteiger partial charge in [-0.1, -0.05) is 18.1 Å². The number of fused-ring (bicyclic) bond motifs is 5. The van der Waals surface area contributed by atoms with E-state index in [1.54, 1.807) is 12.3 Å². The first-order valence-corrected chi connectivity index (χ1v) is 26.4. The normalized spacial score (nSPS) is 23.0. The summed E-state index contributed by atoms with van der Waals surface area (Å²) in [7, 11) is 1.51. The summed E-state index contributed by atoms with van der Waals surface area (Å²) in [6, 6.07) is 11.4. The molecule has 7 aliphatic rings. The van der Waals surface area contributed by atoms with Crippen molar-refractivity contribution in [2.45, 2.75) is 107 Å². The van der Waals surface area contributed by atoms with Crippen molar-refractivity contribution in [1.82, 2.24) is 40.3 Å². The van der Waals surface area contributed by atoms with Crippen molar-refractivity contribution in [3.63, 3.8) is 0 Å². The number of benzene rings is 3. The molecule has 2 aliphatic carbocycles. The minimum Gasteiger partial charge on any atom is -0.508 e. The highest BCUT2D eigenvalue weighted by Gasteiger charge is 2.51. The molecule has 7 heterocycles. The molecule has 2 saturated carbocycles. The van der Waals surface area contributed by atoms with Crippen LogP contribution in [0.4, 0.5) is 14.6 Å². The summed E-state index contributed by atoms with van der Waals surface area (Å²) < 4.78 is 38.8. The SMILES string of the molecule is C#Cc1c(F)ccc2cc(O)cc(-c3ncc4c(N5CC6CCC(C5)N6)nc(OCC5(CN6CCC7(CC6)CC(N6CCC(c8ccc9c(c8)C(=O)N(C(C=O)CCC(=O)NC)C9=O)CC6)C7)CC5)nc4c3F)c12. The van der Waals surface area contributed by atoms with Crippen molar-refractivity contribution in [1.29, 1.82) is 0 Å². The number of carbonyl (C=O) groups excluding carboxylic acids is 4. The van der Waals surface area contributed by atoms with Crippen LogP contribution >= 0.6 is 0 Å². The summed E-state index contributed by atoms with van der Waals surface area (Å²) >= 11 is 0. The molecule has 3 amide bonds. The molecule has 74 heavy (non-hydrogen) atoms. The summed E-state index contributed by atoms with van der Waals surface area (Å²) in [6.07, 6.45) is 18.9. The van der Waals surface area contributed by atoms with Gasteiger partial charge >= 0.3 is 6.01 Å². The van der Waals surface area contributed by atoms with Crippen LogP contribution in [0.2, 0.25) is 0 Å². The van der Waals surface area contributed by atoms with Crippen molar-refractivity contribution in [3.8, 4) is 35.4 Å². The second kappa shape index (κ2) is 19.0. The predicted octanol–water partition coefficient (Wildman–Crippen LogP) is 6.72. The lowest BCUT2D eigenvalue weighted by molar-refractivity contribution is -0.121. The first kappa shape index (κ1) is 48.3. The number of phenols is 1. The number of pyridine rings is 1. The number of anilines is 1. The van der Waals surface area contributed by atoms with Crippen LogP contribution < -0.4 is 20.3 Å². The number of imide groups is 1. The molecule has 1 spiro atoms. The number of rotatable bonds is 14. The van der Waals surface area contributed by atoms with Gasteiger partial charge < -0.3 is 40.0 Å². The lowest BCUT2D eigenvalue weighted by Gasteiger charge is -2.56. The van der Waals surface area contributed by atoms with Gasteiger partial charge in [-0.25, -0.2) is 8.78 Å². The van der Waals surface area contributed by atoms with Crippen molar-refractivity contribution in [3.05, 3.63) is 82.5 Å². The number of piperidine rings is 2. The number of hydrogen-bond acceptors (Lipinski definition) is 13. The number of phenolic OH excluding ortho intramolecular Hbond substituents is 1. The number of aldehydes is 1. The number of likely N-dealkylation sites (tertiary alicyclic amines) is 2. The van der Waals surface area contributed by atoms with Gasteiger partial charge in [0.15, 0.2) is 5.82 Å². The molecule has 384 valence electrons. The van der Waals surface area contributed by atoms with Gasteiger partial charge in [-0.15, -0.1) is 6.42 Å². The largest absolute Gasteiger partial charge is 0.508 e. The number of aromatic hydroxyl groups is 1. The molecule has 12 rings (SSSR count). The second-order valence-electron chi connectivity index (χ2n) is 22.4. The average molecular weight is 1010 g/mol. The Morgan fingerprint density at radius 3 is 2.41 bits per heavy atom. The molecule has 15 nitrogen and oxygen atoms in total. The molecule has 3 aromatic carbocycles. The van der Waals surface area contributed by atoms with E-state index in [4.69, 9.17) is 21.1 Å². The molecule has 17 heteroatoms. The van der Waals surface area contributed by atoms with Gasteiger partial charge in [0, 0.05) is 73.8 Å². The third-order valence-corrected chi connectivity index (χ3v) is 17.8. The van der Waals surface area contributed by atoms with Crippen molar-refractivity contribution >= 4 is 51.5 Å². The number of nitrogens with one attached hydrogen (secondary N) is 2. The molecular weight excluding hydrogens is 945 g/mol. The third kappa shape index (κ3) is 8.71. The summed E-state index contributed by atoms with van der Waals surface area (Å²) in [5, 5.41) is 18.1. The van der Waals surface area contributed by atoms with E-state index in [1.807, 2.05) is 12.1 Å². The van der Waals surface area contributed by atoms with Crippen LogP contribution in [0.1, 0.15) is 115 Å². The zero-order valence-electron chi connectivity index (χ0n) is 41.7. The minimum absolute atomic E-state index is 0.0385. The topological polar surface area (TPSA) is 173 Å². The maximum Gasteiger partial charge on any atom is 0.319 e. The maximum absolute atomic E-state index is 17.2. The van der Waals surface area contributed by atoms with Crippen LogP contribution in [-0.4, -0.2) is 142 Å². The van der Waals surface area contributed by atoms with Gasteiger partial charge in [0.2, 0.25) is 5.91 Å². The van der Waals surface area contributed by atoms with Crippen LogP contribution in [0, 0.1) is 34.8 Å². The van der Waals surface area contributed by atoms with Crippen LogP contribution in [-0.2, 0) is 9.59 Å². The monoisotopic (exact) mass is 1010 g/mol. The molecule has 3 unspecified atom stereocenters. The van der Waals surface area contributed by atoms with E-state index in [0.29, 0.717) is 77.2 Å². The first-order chi connectivity index (χ1) is 35.8. The van der Waals surface area contributed by atoms with E-state index in [2.05, 4.69) is 36.2 Å². The fraction of sp³-hybridized carbons (Fsp3) is 0.491. The number of halogens is 2. The Labute approximate surface area is 428 Å². The standard InChI is InChI=1S/C57H61F2N9O6/c1-3-41-46(58)10-5-35-22-40(70)24-44(48(35)41)50-49(59)51-45(27-61-50)52(67-28-36-6-7-37(29-67)62-36)64-55(63-51)74-32-57(14-15-57)31-65-20-16-56(17-21-65)25-39(26-56)66-18-12-33(13-19-66)34-4-9-42-43(23-34)54(73)68(53(42)72)38(30-69)8-11-47(71)60-2/h1,4-5,9-10,22-24,27,30,33,36-39,62,70H,6-8,11-21,25-26,28-29,31-32H2,2H3,(H,60,71). The molecule has 3 N–H and O–H groups in total. The Kier molecular flexibility index (Phi) is 12.4. The van der Waals surface area contributed by atoms with Gasteiger partial charge in [-0.2, -0.15) is 9.97 Å². The molecule has 6 fully saturated rings. The fourth-order valence-corrected chi connectivity index (χ4v) is 13.3. The highest BCUT2D eigenvalue weighted by molar-refractivity contribution is 6.22. The molecule has 4 saturated heterocycles. The number of nitrogens with zero attached hydrogens (tertiary/aromatic N) is 7. The molecule has 2 aromatic heterocycles. The number of aromatic nitrogens is 3. The Bertz CT molecular complexity index is 3140. The Balaban J connectivity index is 0.674. The quantitative estimate of drug-likeness (QED) is 0.0609. The van der Waals surface area contributed by atoms with Gasteiger partial charge in [0.1, 0.15) is 34.9 Å². The number of terminal acetylenes is 1. The van der Waals surface area contributed by atoms with E-state index in [1.165, 1.54) is 44.2 Å². The smallest absolute Gasteiger partial charge is 0.319 e. The minimum atomic E-state index is -0.990. The van der Waals surface area contributed by atoms with E-state index < -0.39 is 29.5 Å². The Morgan fingerprint density at radius 2 is 1.70 bits per heavy atom. The zero-order chi connectivity index (χ0) is 51.0. The number of ether oxygens (including phenoxy) is 1. The van der Waals surface area contributed by atoms with Crippen LogP contribution in [0.5, 0.6) is 11.8 Å². The highest BCUT2D eigenvalue weighted by atomic mass is 19.1.